The second-order valence-corrected chi connectivity index (χ2v) is 7.49. The van der Waals surface area contributed by atoms with Gasteiger partial charge in [-0.05, 0) is 35.9 Å². The van der Waals surface area contributed by atoms with Crippen molar-refractivity contribution in [3.05, 3.63) is 59.4 Å². The first kappa shape index (κ1) is 15.5. The summed E-state index contributed by atoms with van der Waals surface area (Å²) in [6.07, 6.45) is 1.15. The summed E-state index contributed by atoms with van der Waals surface area (Å²) in [5, 5.41) is 8.78. The van der Waals surface area contributed by atoms with Gasteiger partial charge >= 0.3 is 0 Å². The SMILES string of the molecule is CS(=O)(=O)c1ccc(SCc2cccc(C#N)c2F)cc1. The maximum atomic E-state index is 13.9. The number of nitriles is 1. The van der Waals surface area contributed by atoms with Gasteiger partial charge in [0.15, 0.2) is 9.84 Å². The van der Waals surface area contributed by atoms with Crippen LogP contribution >= 0.6 is 11.8 Å². The molecule has 2 aromatic carbocycles. The van der Waals surface area contributed by atoms with E-state index in [0.29, 0.717) is 11.3 Å². The van der Waals surface area contributed by atoms with Crippen molar-refractivity contribution in [3.8, 4) is 6.07 Å². The molecular formula is C15H12FNO2S2. The lowest BCUT2D eigenvalue weighted by Crippen LogP contribution is -1.96. The lowest BCUT2D eigenvalue weighted by molar-refractivity contribution is 0.602. The summed E-state index contributed by atoms with van der Waals surface area (Å²) < 4.78 is 36.6. The van der Waals surface area contributed by atoms with Crippen molar-refractivity contribution in [3.63, 3.8) is 0 Å². The van der Waals surface area contributed by atoms with Crippen molar-refractivity contribution in [1.82, 2.24) is 0 Å². The molecule has 0 amide bonds. The maximum absolute atomic E-state index is 13.9. The fraction of sp³-hybridized carbons (Fsp3) is 0.133. The van der Waals surface area contributed by atoms with Crippen molar-refractivity contribution in [1.29, 1.82) is 5.26 Å². The van der Waals surface area contributed by atoms with E-state index in [-0.39, 0.29) is 10.5 Å². The molecule has 0 aromatic heterocycles. The molecule has 0 aliphatic rings. The first-order valence-corrected chi connectivity index (χ1v) is 8.90. The van der Waals surface area contributed by atoms with E-state index in [2.05, 4.69) is 0 Å². The van der Waals surface area contributed by atoms with E-state index >= 15 is 0 Å². The highest BCUT2D eigenvalue weighted by atomic mass is 32.2. The second-order valence-electron chi connectivity index (χ2n) is 4.42. The molecule has 0 heterocycles. The molecule has 108 valence electrons. The van der Waals surface area contributed by atoms with Gasteiger partial charge < -0.3 is 0 Å². The summed E-state index contributed by atoms with van der Waals surface area (Å²) in [6.45, 7) is 0. The number of benzene rings is 2. The van der Waals surface area contributed by atoms with Crippen LogP contribution in [0, 0.1) is 17.1 Å². The average Bonchev–Trinajstić information content (AvgIpc) is 2.46. The van der Waals surface area contributed by atoms with Crippen LogP contribution in [0.5, 0.6) is 0 Å². The highest BCUT2D eigenvalue weighted by Crippen LogP contribution is 2.26. The van der Waals surface area contributed by atoms with E-state index in [0.717, 1.165) is 11.2 Å². The van der Waals surface area contributed by atoms with Crippen LogP contribution < -0.4 is 0 Å². The van der Waals surface area contributed by atoms with Crippen molar-refractivity contribution < 1.29 is 12.8 Å². The molecule has 21 heavy (non-hydrogen) atoms. The number of halogens is 1. The van der Waals surface area contributed by atoms with Gasteiger partial charge in [0.1, 0.15) is 11.9 Å². The Balaban J connectivity index is 2.13. The van der Waals surface area contributed by atoms with Gasteiger partial charge in [0.2, 0.25) is 0 Å². The Bertz CT molecular complexity index is 793. The maximum Gasteiger partial charge on any atom is 0.175 e. The fourth-order valence-electron chi connectivity index (χ4n) is 1.72. The zero-order chi connectivity index (χ0) is 15.5. The third-order valence-electron chi connectivity index (χ3n) is 2.85. The number of sulfone groups is 1. The van der Waals surface area contributed by atoms with Gasteiger partial charge in [-0.3, -0.25) is 0 Å². The fourth-order valence-corrected chi connectivity index (χ4v) is 3.23. The van der Waals surface area contributed by atoms with Gasteiger partial charge in [-0.1, -0.05) is 12.1 Å². The molecule has 0 aliphatic heterocycles. The van der Waals surface area contributed by atoms with Crippen molar-refractivity contribution in [2.24, 2.45) is 0 Å². The Morgan fingerprint density at radius 1 is 1.19 bits per heavy atom. The van der Waals surface area contributed by atoms with Crippen molar-refractivity contribution in [2.45, 2.75) is 15.5 Å². The van der Waals surface area contributed by atoms with Crippen LogP contribution in [-0.4, -0.2) is 14.7 Å². The molecule has 0 atom stereocenters. The second kappa shape index (κ2) is 6.29. The van der Waals surface area contributed by atoms with E-state index < -0.39 is 15.7 Å². The Morgan fingerprint density at radius 2 is 1.86 bits per heavy atom. The summed E-state index contributed by atoms with van der Waals surface area (Å²) in [5.74, 6) is -0.125. The van der Waals surface area contributed by atoms with Crippen LogP contribution in [-0.2, 0) is 15.6 Å². The van der Waals surface area contributed by atoms with Crippen LogP contribution in [0.2, 0.25) is 0 Å². The highest BCUT2D eigenvalue weighted by Gasteiger charge is 2.09. The third kappa shape index (κ3) is 3.84. The quantitative estimate of drug-likeness (QED) is 0.810. The molecule has 2 aromatic rings. The van der Waals surface area contributed by atoms with Crippen LogP contribution in [0.3, 0.4) is 0 Å². The van der Waals surface area contributed by atoms with Gasteiger partial charge in [-0.2, -0.15) is 5.26 Å². The molecule has 3 nitrogen and oxygen atoms in total. The van der Waals surface area contributed by atoms with Crippen molar-refractivity contribution in [2.75, 3.05) is 6.26 Å². The monoisotopic (exact) mass is 321 g/mol. The van der Waals surface area contributed by atoms with Crippen LogP contribution in [0.25, 0.3) is 0 Å². The van der Waals surface area contributed by atoms with Gasteiger partial charge in [0, 0.05) is 16.9 Å². The minimum atomic E-state index is -3.21. The molecular weight excluding hydrogens is 309 g/mol. The molecule has 0 saturated carbocycles. The predicted molar refractivity (Wildman–Crippen MR) is 80.2 cm³/mol. The summed E-state index contributed by atoms with van der Waals surface area (Å²) in [6, 6.07) is 12.9. The molecule has 0 saturated heterocycles. The molecule has 0 bridgehead atoms. The standard InChI is InChI=1S/C15H12FNO2S2/c1-21(18,19)14-7-5-13(6-8-14)20-10-12-4-2-3-11(9-17)15(12)16/h2-8H,10H2,1H3. The summed E-state index contributed by atoms with van der Waals surface area (Å²) >= 11 is 1.38. The molecule has 0 radical (unpaired) electrons. The minimum absolute atomic E-state index is 0.0283. The Hall–Kier alpha value is -1.84. The lowest BCUT2D eigenvalue weighted by atomic mass is 10.1. The van der Waals surface area contributed by atoms with E-state index in [9.17, 15) is 12.8 Å². The van der Waals surface area contributed by atoms with E-state index in [1.54, 1.807) is 30.3 Å². The van der Waals surface area contributed by atoms with Crippen LogP contribution in [0.4, 0.5) is 4.39 Å². The molecule has 0 fully saturated rings. The summed E-state index contributed by atoms with van der Waals surface area (Å²) in [5.41, 5.74) is 0.478. The first-order chi connectivity index (χ1) is 9.91. The highest BCUT2D eigenvalue weighted by molar-refractivity contribution is 7.98. The first-order valence-electron chi connectivity index (χ1n) is 6.02. The van der Waals surface area contributed by atoms with Gasteiger partial charge in [-0.15, -0.1) is 11.8 Å². The van der Waals surface area contributed by atoms with Crippen LogP contribution in [0.1, 0.15) is 11.1 Å². The minimum Gasteiger partial charge on any atom is -0.224 e. The topological polar surface area (TPSA) is 57.9 Å². The zero-order valence-electron chi connectivity index (χ0n) is 11.2. The predicted octanol–water partition coefficient (Wildman–Crippen LogP) is 3.39. The summed E-state index contributed by atoms with van der Waals surface area (Å²) in [7, 11) is -3.21. The number of rotatable bonds is 4. The van der Waals surface area contributed by atoms with Gasteiger partial charge in [0.25, 0.3) is 0 Å². The van der Waals surface area contributed by atoms with E-state index in [1.165, 1.54) is 30.0 Å². The average molecular weight is 321 g/mol. The number of hydrogen-bond donors (Lipinski definition) is 0. The third-order valence-corrected chi connectivity index (χ3v) is 5.03. The summed E-state index contributed by atoms with van der Waals surface area (Å²) in [4.78, 5) is 1.09. The zero-order valence-corrected chi connectivity index (χ0v) is 12.8. The van der Waals surface area contributed by atoms with Crippen LogP contribution in [0.15, 0.2) is 52.3 Å². The normalized spacial score (nSPS) is 11.1. The molecule has 2 rings (SSSR count). The van der Waals surface area contributed by atoms with E-state index in [4.69, 9.17) is 5.26 Å². The Morgan fingerprint density at radius 3 is 2.43 bits per heavy atom. The van der Waals surface area contributed by atoms with Gasteiger partial charge in [0.05, 0.1) is 10.5 Å². The largest absolute Gasteiger partial charge is 0.224 e. The van der Waals surface area contributed by atoms with Crippen molar-refractivity contribution >= 4 is 21.6 Å². The molecule has 0 spiro atoms. The number of nitrogens with zero attached hydrogens (tertiary/aromatic N) is 1. The molecule has 6 heteroatoms. The molecule has 0 aliphatic carbocycles. The Kier molecular flexibility index (Phi) is 4.66. The Labute approximate surface area is 127 Å². The molecule has 0 unspecified atom stereocenters. The smallest absolute Gasteiger partial charge is 0.175 e. The molecule has 0 N–H and O–H groups in total. The number of thioether (sulfide) groups is 1. The lowest BCUT2D eigenvalue weighted by Gasteiger charge is -2.05. The van der Waals surface area contributed by atoms with Gasteiger partial charge in [-0.25, -0.2) is 12.8 Å². The van der Waals surface area contributed by atoms with E-state index in [1.807, 2.05) is 0 Å². The number of hydrogen-bond acceptors (Lipinski definition) is 4.